The van der Waals surface area contributed by atoms with Crippen LogP contribution < -0.4 is 5.32 Å². The quantitative estimate of drug-likeness (QED) is 0.874. The topological polar surface area (TPSA) is 27.7 Å². The van der Waals surface area contributed by atoms with Gasteiger partial charge in [0.05, 0.1) is 6.61 Å². The van der Waals surface area contributed by atoms with E-state index in [0.717, 1.165) is 19.7 Å². The SMILES string of the molecule is COCCN1CCN(C[C@@H]2Cc3ccccc3CN2)CC1. The molecule has 1 fully saturated rings. The van der Waals surface area contributed by atoms with Crippen molar-refractivity contribution in [2.75, 3.05) is 53.0 Å². The lowest BCUT2D eigenvalue weighted by atomic mass is 9.95. The molecule has 2 aliphatic heterocycles. The van der Waals surface area contributed by atoms with E-state index < -0.39 is 0 Å². The number of nitrogens with zero attached hydrogens (tertiary/aromatic N) is 2. The van der Waals surface area contributed by atoms with E-state index >= 15 is 0 Å². The molecule has 4 heteroatoms. The molecule has 1 aromatic rings. The van der Waals surface area contributed by atoms with Crippen molar-refractivity contribution < 1.29 is 4.74 Å². The molecule has 0 radical (unpaired) electrons. The Morgan fingerprint density at radius 1 is 1.10 bits per heavy atom. The molecular weight excluding hydrogens is 262 g/mol. The third-order valence-electron chi connectivity index (χ3n) is 4.72. The van der Waals surface area contributed by atoms with Gasteiger partial charge in [-0.1, -0.05) is 24.3 Å². The average molecular weight is 289 g/mol. The third-order valence-corrected chi connectivity index (χ3v) is 4.72. The van der Waals surface area contributed by atoms with Crippen molar-refractivity contribution in [3.8, 4) is 0 Å². The highest BCUT2D eigenvalue weighted by molar-refractivity contribution is 5.29. The Morgan fingerprint density at radius 2 is 1.81 bits per heavy atom. The van der Waals surface area contributed by atoms with Crippen LogP contribution in [0.25, 0.3) is 0 Å². The molecule has 3 rings (SSSR count). The lowest BCUT2D eigenvalue weighted by Crippen LogP contribution is -2.52. The van der Waals surface area contributed by atoms with Crippen molar-refractivity contribution in [3.63, 3.8) is 0 Å². The van der Waals surface area contributed by atoms with Crippen LogP contribution in [0.15, 0.2) is 24.3 Å². The second-order valence-corrected chi connectivity index (χ2v) is 6.19. The highest BCUT2D eigenvalue weighted by Crippen LogP contribution is 2.17. The molecule has 4 nitrogen and oxygen atoms in total. The van der Waals surface area contributed by atoms with Gasteiger partial charge in [-0.3, -0.25) is 9.80 Å². The van der Waals surface area contributed by atoms with Crippen molar-refractivity contribution in [1.82, 2.24) is 15.1 Å². The summed E-state index contributed by atoms with van der Waals surface area (Å²) in [5, 5.41) is 3.69. The summed E-state index contributed by atoms with van der Waals surface area (Å²) in [6.07, 6.45) is 1.17. The lowest BCUT2D eigenvalue weighted by Gasteiger charge is -2.37. The summed E-state index contributed by atoms with van der Waals surface area (Å²) in [6, 6.07) is 9.43. The van der Waals surface area contributed by atoms with Crippen molar-refractivity contribution >= 4 is 0 Å². The first-order valence-corrected chi connectivity index (χ1v) is 8.09. The maximum atomic E-state index is 5.16. The van der Waals surface area contributed by atoms with Crippen LogP contribution in [0.2, 0.25) is 0 Å². The van der Waals surface area contributed by atoms with Gasteiger partial charge in [0.2, 0.25) is 0 Å². The van der Waals surface area contributed by atoms with Gasteiger partial charge >= 0.3 is 0 Å². The van der Waals surface area contributed by atoms with Crippen LogP contribution >= 0.6 is 0 Å². The van der Waals surface area contributed by atoms with E-state index in [-0.39, 0.29) is 0 Å². The molecule has 1 saturated heterocycles. The Hall–Kier alpha value is -0.940. The van der Waals surface area contributed by atoms with Gasteiger partial charge in [0.15, 0.2) is 0 Å². The fraction of sp³-hybridized carbons (Fsp3) is 0.647. The highest BCUT2D eigenvalue weighted by atomic mass is 16.5. The number of ether oxygens (including phenoxy) is 1. The summed E-state index contributed by atoms with van der Waals surface area (Å²) < 4.78 is 5.16. The maximum absolute atomic E-state index is 5.16. The Bertz CT molecular complexity index is 443. The fourth-order valence-electron chi connectivity index (χ4n) is 3.38. The molecule has 116 valence electrons. The summed E-state index contributed by atoms with van der Waals surface area (Å²) >= 11 is 0. The zero-order valence-electron chi connectivity index (χ0n) is 13.1. The van der Waals surface area contributed by atoms with Gasteiger partial charge in [-0.25, -0.2) is 0 Å². The highest BCUT2D eigenvalue weighted by Gasteiger charge is 2.22. The molecule has 0 amide bonds. The molecule has 0 saturated carbocycles. The van der Waals surface area contributed by atoms with Gasteiger partial charge in [-0.15, -0.1) is 0 Å². The Kier molecular flexibility index (Phi) is 5.25. The maximum Gasteiger partial charge on any atom is 0.0589 e. The molecule has 2 heterocycles. The molecule has 0 bridgehead atoms. The predicted octanol–water partition coefficient (Wildman–Crippen LogP) is 0.965. The van der Waals surface area contributed by atoms with Gasteiger partial charge in [-0.05, 0) is 17.5 Å². The fourth-order valence-corrected chi connectivity index (χ4v) is 3.38. The minimum Gasteiger partial charge on any atom is -0.383 e. The summed E-state index contributed by atoms with van der Waals surface area (Å²) in [5.74, 6) is 0. The van der Waals surface area contributed by atoms with E-state index in [0.29, 0.717) is 6.04 Å². The number of benzene rings is 1. The third kappa shape index (κ3) is 4.04. The normalized spacial score (nSPS) is 24.0. The number of nitrogens with one attached hydrogen (secondary N) is 1. The van der Waals surface area contributed by atoms with Gasteiger partial charge < -0.3 is 10.1 Å². The second kappa shape index (κ2) is 7.36. The minimum atomic E-state index is 0.602. The monoisotopic (exact) mass is 289 g/mol. The van der Waals surface area contributed by atoms with Gasteiger partial charge in [0.25, 0.3) is 0 Å². The number of rotatable bonds is 5. The van der Waals surface area contributed by atoms with Crippen molar-refractivity contribution in [1.29, 1.82) is 0 Å². The first-order valence-electron chi connectivity index (χ1n) is 8.09. The first-order chi connectivity index (χ1) is 10.3. The van der Waals surface area contributed by atoms with Crippen LogP contribution in [0.4, 0.5) is 0 Å². The van der Waals surface area contributed by atoms with Gasteiger partial charge in [0, 0.05) is 59.0 Å². The average Bonchev–Trinajstić information content (AvgIpc) is 2.54. The van der Waals surface area contributed by atoms with E-state index in [9.17, 15) is 0 Å². The molecule has 0 spiro atoms. The van der Waals surface area contributed by atoms with Crippen LogP contribution in [-0.4, -0.2) is 68.8 Å². The van der Waals surface area contributed by atoms with Crippen LogP contribution in [0, 0.1) is 0 Å². The number of hydrogen-bond acceptors (Lipinski definition) is 4. The summed E-state index contributed by atoms with van der Waals surface area (Å²) in [7, 11) is 1.78. The van der Waals surface area contributed by atoms with Crippen molar-refractivity contribution in [2.45, 2.75) is 19.0 Å². The Labute approximate surface area is 128 Å². The smallest absolute Gasteiger partial charge is 0.0589 e. The molecule has 1 atom stereocenters. The molecule has 21 heavy (non-hydrogen) atoms. The molecular formula is C17H27N3O. The number of fused-ring (bicyclic) bond motifs is 1. The summed E-state index contributed by atoms with van der Waals surface area (Å²) in [6.45, 7) is 8.83. The molecule has 0 aliphatic carbocycles. The van der Waals surface area contributed by atoms with E-state index in [1.807, 2.05) is 0 Å². The molecule has 0 unspecified atom stereocenters. The number of methoxy groups -OCH3 is 1. The Balaban J connectivity index is 1.44. The van der Waals surface area contributed by atoms with Crippen LogP contribution in [0.1, 0.15) is 11.1 Å². The largest absolute Gasteiger partial charge is 0.383 e. The second-order valence-electron chi connectivity index (χ2n) is 6.19. The molecule has 0 aromatic heterocycles. The predicted molar refractivity (Wildman–Crippen MR) is 85.5 cm³/mol. The minimum absolute atomic E-state index is 0.602. The zero-order valence-corrected chi connectivity index (χ0v) is 13.1. The summed E-state index contributed by atoms with van der Waals surface area (Å²) in [4.78, 5) is 5.11. The van der Waals surface area contributed by atoms with E-state index in [1.54, 1.807) is 7.11 Å². The molecule has 1 N–H and O–H groups in total. The van der Waals surface area contributed by atoms with E-state index in [1.165, 1.54) is 50.3 Å². The standard InChI is InChI=1S/C17H27N3O/c1-21-11-10-19-6-8-20(9-7-19)14-17-12-15-4-2-3-5-16(15)13-18-17/h2-5,17-18H,6-14H2,1H3/t17-/m0/s1. The Morgan fingerprint density at radius 3 is 2.57 bits per heavy atom. The summed E-state index contributed by atoms with van der Waals surface area (Å²) in [5.41, 5.74) is 3.00. The van der Waals surface area contributed by atoms with E-state index in [4.69, 9.17) is 4.74 Å². The van der Waals surface area contributed by atoms with Crippen LogP contribution in [0.3, 0.4) is 0 Å². The lowest BCUT2D eigenvalue weighted by molar-refractivity contribution is 0.0914. The zero-order chi connectivity index (χ0) is 14.5. The first kappa shape index (κ1) is 15.0. The number of piperazine rings is 1. The van der Waals surface area contributed by atoms with Gasteiger partial charge in [0.1, 0.15) is 0 Å². The van der Waals surface area contributed by atoms with Crippen LogP contribution in [-0.2, 0) is 17.7 Å². The number of hydrogen-bond donors (Lipinski definition) is 1. The molecule has 1 aromatic carbocycles. The van der Waals surface area contributed by atoms with Gasteiger partial charge in [-0.2, -0.15) is 0 Å². The van der Waals surface area contributed by atoms with Crippen LogP contribution in [0.5, 0.6) is 0 Å². The molecule has 2 aliphatic rings. The van der Waals surface area contributed by atoms with E-state index in [2.05, 4.69) is 39.4 Å². The van der Waals surface area contributed by atoms with Crippen molar-refractivity contribution in [3.05, 3.63) is 35.4 Å². The van der Waals surface area contributed by atoms with Crippen molar-refractivity contribution in [2.24, 2.45) is 0 Å².